The van der Waals surface area contributed by atoms with Crippen LogP contribution in [0.2, 0.25) is 5.15 Å². The Morgan fingerprint density at radius 1 is 1.19 bits per heavy atom. The molecular formula is C20H16ClF3N4O3. The molecule has 0 radical (unpaired) electrons. The predicted octanol–water partition coefficient (Wildman–Crippen LogP) is 3.48. The molecule has 0 spiro atoms. The van der Waals surface area contributed by atoms with Crippen LogP contribution in [0.5, 0.6) is 0 Å². The zero-order valence-corrected chi connectivity index (χ0v) is 16.7. The highest BCUT2D eigenvalue weighted by Crippen LogP contribution is 2.35. The molecule has 1 N–H and O–H groups in total. The van der Waals surface area contributed by atoms with Crippen molar-refractivity contribution in [3.05, 3.63) is 58.9 Å². The van der Waals surface area contributed by atoms with Gasteiger partial charge in [0, 0.05) is 24.3 Å². The summed E-state index contributed by atoms with van der Waals surface area (Å²) in [5.74, 6) is -1.01. The second kappa shape index (κ2) is 7.84. The fraction of sp³-hybridized carbons (Fsp3) is 0.300. The highest BCUT2D eigenvalue weighted by atomic mass is 35.5. The average molecular weight is 453 g/mol. The fourth-order valence-electron chi connectivity index (χ4n) is 3.80. The smallest absolute Gasteiger partial charge is 0.349 e. The lowest BCUT2D eigenvalue weighted by atomic mass is 9.97. The van der Waals surface area contributed by atoms with Crippen molar-refractivity contribution in [3.8, 4) is 0 Å². The van der Waals surface area contributed by atoms with Gasteiger partial charge in [-0.1, -0.05) is 17.7 Å². The number of anilines is 1. The number of rotatable bonds is 3. The lowest BCUT2D eigenvalue weighted by molar-refractivity contribution is -0.137. The molecule has 4 rings (SSSR count). The molecule has 11 heteroatoms. The normalized spacial score (nSPS) is 21.3. The van der Waals surface area contributed by atoms with Crippen LogP contribution in [0.15, 0.2) is 42.6 Å². The standard InChI is InChI=1S/C20H16ClF3N4O3/c21-16-8-11(4-6-25-16)17(29)26-13-5-7-27-15(10-13)18(30)28(19(27)31)14-3-1-2-12(9-14)20(22,23)24/h1-4,6,8-9,13,15H,5,7,10H2,(H,26,29). The van der Waals surface area contributed by atoms with E-state index < -0.39 is 35.6 Å². The third-order valence-electron chi connectivity index (χ3n) is 5.30. The zero-order valence-electron chi connectivity index (χ0n) is 15.9. The molecule has 2 saturated heterocycles. The molecule has 31 heavy (non-hydrogen) atoms. The number of hydrogen-bond donors (Lipinski definition) is 1. The van der Waals surface area contributed by atoms with Crippen molar-refractivity contribution in [1.29, 1.82) is 0 Å². The maximum absolute atomic E-state index is 13.0. The number of aromatic nitrogens is 1. The van der Waals surface area contributed by atoms with E-state index in [4.69, 9.17) is 11.6 Å². The van der Waals surface area contributed by atoms with Crippen LogP contribution in [0.1, 0.15) is 28.8 Å². The minimum atomic E-state index is -4.60. The van der Waals surface area contributed by atoms with Crippen LogP contribution in [0.4, 0.5) is 23.7 Å². The number of nitrogens with zero attached hydrogens (tertiary/aromatic N) is 3. The van der Waals surface area contributed by atoms with Gasteiger partial charge in [-0.15, -0.1) is 0 Å². The van der Waals surface area contributed by atoms with Crippen molar-refractivity contribution in [2.75, 3.05) is 11.4 Å². The molecule has 0 bridgehead atoms. The van der Waals surface area contributed by atoms with Crippen molar-refractivity contribution in [1.82, 2.24) is 15.2 Å². The van der Waals surface area contributed by atoms with Gasteiger partial charge in [0.2, 0.25) is 0 Å². The summed E-state index contributed by atoms with van der Waals surface area (Å²) in [5.41, 5.74) is -0.773. The van der Waals surface area contributed by atoms with E-state index in [9.17, 15) is 27.6 Å². The molecule has 1 aromatic carbocycles. The van der Waals surface area contributed by atoms with Gasteiger partial charge in [-0.2, -0.15) is 13.2 Å². The number of carbonyl (C=O) groups excluding carboxylic acids is 3. The van der Waals surface area contributed by atoms with Crippen molar-refractivity contribution < 1.29 is 27.6 Å². The number of benzene rings is 1. The van der Waals surface area contributed by atoms with E-state index in [1.807, 2.05) is 0 Å². The SMILES string of the molecule is O=C(NC1CCN2C(=O)N(c3cccc(C(F)(F)F)c3)C(=O)C2C1)c1ccnc(Cl)c1. The molecule has 2 fully saturated rings. The number of carbonyl (C=O) groups is 3. The predicted molar refractivity (Wildman–Crippen MR) is 105 cm³/mol. The molecule has 4 amide bonds. The summed E-state index contributed by atoms with van der Waals surface area (Å²) in [7, 11) is 0. The fourth-order valence-corrected chi connectivity index (χ4v) is 3.98. The molecule has 2 aliphatic rings. The zero-order chi connectivity index (χ0) is 22.3. The van der Waals surface area contributed by atoms with E-state index in [2.05, 4.69) is 10.3 Å². The van der Waals surface area contributed by atoms with Crippen LogP contribution in [0.3, 0.4) is 0 Å². The van der Waals surface area contributed by atoms with Crippen molar-refractivity contribution >= 4 is 35.1 Å². The van der Waals surface area contributed by atoms with E-state index >= 15 is 0 Å². The van der Waals surface area contributed by atoms with Gasteiger partial charge in [-0.3, -0.25) is 9.59 Å². The maximum Gasteiger partial charge on any atom is 0.416 e. The van der Waals surface area contributed by atoms with Gasteiger partial charge in [0.15, 0.2) is 0 Å². The molecule has 2 atom stereocenters. The molecular weight excluding hydrogens is 437 g/mol. The Labute approximate surface area is 179 Å². The Kier molecular flexibility index (Phi) is 5.34. The highest BCUT2D eigenvalue weighted by molar-refractivity contribution is 6.29. The second-order valence-corrected chi connectivity index (χ2v) is 7.66. The number of halogens is 4. The number of nitrogens with one attached hydrogen (secondary N) is 1. The van der Waals surface area contributed by atoms with Gasteiger partial charge in [-0.05, 0) is 43.2 Å². The summed E-state index contributed by atoms with van der Waals surface area (Å²) in [4.78, 5) is 44.0. The van der Waals surface area contributed by atoms with E-state index in [0.29, 0.717) is 12.0 Å². The first kappa shape index (κ1) is 21.1. The molecule has 2 aliphatic heterocycles. The molecule has 0 saturated carbocycles. The Balaban J connectivity index is 1.50. The highest BCUT2D eigenvalue weighted by Gasteiger charge is 2.49. The molecule has 1 aromatic heterocycles. The van der Waals surface area contributed by atoms with Gasteiger partial charge in [-0.25, -0.2) is 14.7 Å². The topological polar surface area (TPSA) is 82.6 Å². The van der Waals surface area contributed by atoms with Crippen molar-refractivity contribution in [2.45, 2.75) is 31.1 Å². The lowest BCUT2D eigenvalue weighted by Crippen LogP contribution is -2.49. The van der Waals surface area contributed by atoms with E-state index in [-0.39, 0.29) is 29.8 Å². The Hall–Kier alpha value is -3.14. The summed E-state index contributed by atoms with van der Waals surface area (Å²) in [6.07, 6.45) is -2.65. The largest absolute Gasteiger partial charge is 0.416 e. The van der Waals surface area contributed by atoms with Crippen LogP contribution in [-0.2, 0) is 11.0 Å². The summed E-state index contributed by atoms with van der Waals surface area (Å²) in [5, 5.41) is 2.97. The molecule has 3 heterocycles. The number of pyridine rings is 1. The molecule has 7 nitrogen and oxygen atoms in total. The summed E-state index contributed by atoms with van der Waals surface area (Å²) < 4.78 is 39.1. The summed E-state index contributed by atoms with van der Waals surface area (Å²) >= 11 is 5.80. The Bertz CT molecular complexity index is 1060. The second-order valence-electron chi connectivity index (χ2n) is 7.28. The van der Waals surface area contributed by atoms with Gasteiger partial charge in [0.1, 0.15) is 11.2 Å². The minimum Gasteiger partial charge on any atom is -0.349 e. The Morgan fingerprint density at radius 2 is 1.97 bits per heavy atom. The number of hydrogen-bond acceptors (Lipinski definition) is 4. The molecule has 162 valence electrons. The molecule has 2 unspecified atom stereocenters. The summed E-state index contributed by atoms with van der Waals surface area (Å²) in [6, 6.07) is 5.08. The van der Waals surface area contributed by atoms with Crippen LogP contribution in [0, 0.1) is 0 Å². The third kappa shape index (κ3) is 4.07. The Morgan fingerprint density at radius 3 is 2.68 bits per heavy atom. The molecule has 0 aliphatic carbocycles. The first-order chi connectivity index (χ1) is 14.6. The van der Waals surface area contributed by atoms with E-state index in [1.54, 1.807) is 0 Å². The van der Waals surface area contributed by atoms with E-state index in [1.165, 1.54) is 29.3 Å². The van der Waals surface area contributed by atoms with Gasteiger partial charge in [0.05, 0.1) is 11.3 Å². The summed E-state index contributed by atoms with van der Waals surface area (Å²) in [6.45, 7) is 0.187. The number of fused-ring (bicyclic) bond motifs is 1. The first-order valence-electron chi connectivity index (χ1n) is 9.39. The van der Waals surface area contributed by atoms with Crippen LogP contribution in [0.25, 0.3) is 0 Å². The average Bonchev–Trinajstić information content (AvgIpc) is 2.97. The van der Waals surface area contributed by atoms with Crippen LogP contribution in [-0.4, -0.2) is 46.4 Å². The third-order valence-corrected chi connectivity index (χ3v) is 5.51. The monoisotopic (exact) mass is 452 g/mol. The van der Waals surface area contributed by atoms with Crippen molar-refractivity contribution in [3.63, 3.8) is 0 Å². The number of piperidine rings is 1. The van der Waals surface area contributed by atoms with Crippen molar-refractivity contribution in [2.24, 2.45) is 0 Å². The number of urea groups is 1. The number of imide groups is 1. The quantitative estimate of drug-likeness (QED) is 0.571. The lowest BCUT2D eigenvalue weighted by Gasteiger charge is -2.32. The minimum absolute atomic E-state index is 0.133. The number of amides is 4. The first-order valence-corrected chi connectivity index (χ1v) is 9.77. The van der Waals surface area contributed by atoms with Gasteiger partial charge < -0.3 is 10.2 Å². The van der Waals surface area contributed by atoms with Gasteiger partial charge in [0.25, 0.3) is 11.8 Å². The molecule has 2 aromatic rings. The van der Waals surface area contributed by atoms with Crippen LogP contribution < -0.4 is 10.2 Å². The van der Waals surface area contributed by atoms with Gasteiger partial charge >= 0.3 is 12.2 Å². The number of alkyl halides is 3. The van der Waals surface area contributed by atoms with Crippen LogP contribution >= 0.6 is 11.6 Å². The van der Waals surface area contributed by atoms with E-state index in [0.717, 1.165) is 23.1 Å². The maximum atomic E-state index is 13.0.